The monoisotopic (exact) mass is 524 g/mol. The number of likely N-dealkylation sites (tertiary alicyclic amines) is 1. The van der Waals surface area contributed by atoms with Gasteiger partial charge >= 0.3 is 6.09 Å². The molecule has 1 aromatic rings. The van der Waals surface area contributed by atoms with E-state index in [1.165, 1.54) is 12.8 Å². The minimum atomic E-state index is -0.613. The normalized spacial score (nSPS) is 22.4. The molecule has 9 heteroatoms. The summed E-state index contributed by atoms with van der Waals surface area (Å²) in [7, 11) is 0. The minimum Gasteiger partial charge on any atom is -0.444 e. The third kappa shape index (κ3) is 5.97. The first-order chi connectivity index (χ1) is 18.1. The van der Waals surface area contributed by atoms with E-state index in [1.807, 2.05) is 37.8 Å². The maximum absolute atomic E-state index is 13.4. The van der Waals surface area contributed by atoms with Gasteiger partial charge in [0.25, 0.3) is 5.91 Å². The van der Waals surface area contributed by atoms with E-state index in [-0.39, 0.29) is 30.2 Å². The van der Waals surface area contributed by atoms with Crippen molar-refractivity contribution in [1.29, 1.82) is 0 Å². The molecule has 4 aliphatic rings. The molecule has 0 bridgehead atoms. The van der Waals surface area contributed by atoms with Crippen molar-refractivity contribution in [2.75, 3.05) is 31.1 Å². The fraction of sp³-hybridized carbons (Fsp3) is 0.655. The van der Waals surface area contributed by atoms with Crippen LogP contribution < -0.4 is 10.2 Å². The Hall–Kier alpha value is -3.10. The van der Waals surface area contributed by atoms with Gasteiger partial charge in [-0.1, -0.05) is 18.9 Å². The number of carbonyl (C=O) groups is 4. The van der Waals surface area contributed by atoms with Crippen LogP contribution >= 0.6 is 0 Å². The fourth-order valence-electron chi connectivity index (χ4n) is 5.86. The van der Waals surface area contributed by atoms with E-state index < -0.39 is 11.6 Å². The SMILES string of the molecule is CC(C)(C)OC(=O)N1CCC(CN(CCC2CC2)c2cccc3c2CN(C2CCC(=O)NC2=O)C3=O)CC1. The van der Waals surface area contributed by atoms with E-state index in [0.717, 1.165) is 49.5 Å². The van der Waals surface area contributed by atoms with E-state index >= 15 is 0 Å². The van der Waals surface area contributed by atoms with Gasteiger partial charge < -0.3 is 19.4 Å². The number of nitrogens with zero attached hydrogens (tertiary/aromatic N) is 3. The second-order valence-electron chi connectivity index (χ2n) is 12.3. The van der Waals surface area contributed by atoms with Crippen LogP contribution in [0.25, 0.3) is 0 Å². The number of benzene rings is 1. The highest BCUT2D eigenvalue weighted by atomic mass is 16.6. The number of imide groups is 1. The standard InChI is InChI=1S/C29H40N4O5/c1-29(2,3)38-28(37)31-14-12-20(13-15-31)17-32(16-11-19-7-8-19)23-6-4-5-21-22(23)18-33(27(21)36)24-9-10-25(34)30-26(24)35/h4-6,19-20,24H,7-18H2,1-3H3,(H,30,34,35). The number of nitrogens with one attached hydrogen (secondary N) is 1. The largest absolute Gasteiger partial charge is 0.444 e. The predicted molar refractivity (Wildman–Crippen MR) is 143 cm³/mol. The topological polar surface area (TPSA) is 99.3 Å². The van der Waals surface area contributed by atoms with Crippen molar-refractivity contribution in [2.24, 2.45) is 11.8 Å². The molecular formula is C29H40N4O5. The van der Waals surface area contributed by atoms with Crippen molar-refractivity contribution in [1.82, 2.24) is 15.1 Å². The molecule has 9 nitrogen and oxygen atoms in total. The van der Waals surface area contributed by atoms with Crippen molar-refractivity contribution in [3.63, 3.8) is 0 Å². The maximum Gasteiger partial charge on any atom is 0.410 e. The molecular weight excluding hydrogens is 484 g/mol. The van der Waals surface area contributed by atoms with Gasteiger partial charge in [0.05, 0.1) is 0 Å². The molecule has 1 aromatic carbocycles. The lowest BCUT2D eigenvalue weighted by Crippen LogP contribution is -2.52. The third-order valence-corrected chi connectivity index (χ3v) is 8.15. The van der Waals surface area contributed by atoms with Gasteiger partial charge in [-0.25, -0.2) is 4.79 Å². The molecule has 3 fully saturated rings. The summed E-state index contributed by atoms with van der Waals surface area (Å²) in [5.74, 6) is 0.424. The average Bonchev–Trinajstić information content (AvgIpc) is 3.63. The van der Waals surface area contributed by atoms with Crippen molar-refractivity contribution in [2.45, 2.75) is 83.9 Å². The molecule has 2 saturated heterocycles. The fourth-order valence-corrected chi connectivity index (χ4v) is 5.86. The zero-order valence-corrected chi connectivity index (χ0v) is 22.8. The van der Waals surface area contributed by atoms with Gasteiger partial charge in [0.1, 0.15) is 11.6 Å². The number of amides is 4. The molecule has 38 heavy (non-hydrogen) atoms. The lowest BCUT2D eigenvalue weighted by molar-refractivity contribution is -0.136. The van der Waals surface area contributed by atoms with Crippen LogP contribution in [-0.2, 0) is 20.9 Å². The first kappa shape index (κ1) is 26.5. The van der Waals surface area contributed by atoms with Crippen molar-refractivity contribution < 1.29 is 23.9 Å². The number of rotatable bonds is 7. The van der Waals surface area contributed by atoms with Crippen LogP contribution in [0, 0.1) is 11.8 Å². The van der Waals surface area contributed by atoms with Gasteiger partial charge in [-0.2, -0.15) is 0 Å². The maximum atomic E-state index is 13.4. The summed E-state index contributed by atoms with van der Waals surface area (Å²) >= 11 is 0. The van der Waals surface area contributed by atoms with Gasteiger partial charge in [0, 0.05) is 56.0 Å². The summed E-state index contributed by atoms with van der Waals surface area (Å²) in [6, 6.07) is 5.28. The summed E-state index contributed by atoms with van der Waals surface area (Å²) in [6.45, 7) is 9.22. The molecule has 0 spiro atoms. The van der Waals surface area contributed by atoms with Crippen LogP contribution in [0.3, 0.4) is 0 Å². The second kappa shape index (κ2) is 10.6. The zero-order valence-electron chi connectivity index (χ0n) is 22.8. The molecule has 1 saturated carbocycles. The first-order valence-corrected chi connectivity index (χ1v) is 14.1. The molecule has 3 heterocycles. The summed E-state index contributed by atoms with van der Waals surface area (Å²) < 4.78 is 5.56. The van der Waals surface area contributed by atoms with Crippen LogP contribution in [0.1, 0.15) is 81.6 Å². The Morgan fingerprint density at radius 1 is 1.05 bits per heavy atom. The molecule has 1 unspecified atom stereocenters. The summed E-state index contributed by atoms with van der Waals surface area (Å²) in [5.41, 5.74) is 2.20. The van der Waals surface area contributed by atoms with Gasteiger partial charge in [-0.05, 0) is 70.4 Å². The first-order valence-electron chi connectivity index (χ1n) is 14.1. The lowest BCUT2D eigenvalue weighted by atomic mass is 9.95. The summed E-state index contributed by atoms with van der Waals surface area (Å²) in [5, 5.41) is 2.39. The highest BCUT2D eigenvalue weighted by Gasteiger charge is 2.40. The lowest BCUT2D eigenvalue weighted by Gasteiger charge is -2.37. The number of fused-ring (bicyclic) bond motifs is 1. The van der Waals surface area contributed by atoms with E-state index in [2.05, 4.69) is 16.3 Å². The van der Waals surface area contributed by atoms with Gasteiger partial charge in [-0.3, -0.25) is 19.7 Å². The number of hydrogen-bond donors (Lipinski definition) is 1. The highest BCUT2D eigenvalue weighted by Crippen LogP contribution is 2.37. The van der Waals surface area contributed by atoms with Gasteiger partial charge in [0.15, 0.2) is 0 Å². The van der Waals surface area contributed by atoms with Gasteiger partial charge in [-0.15, -0.1) is 0 Å². The molecule has 1 atom stereocenters. The Kier molecular flexibility index (Phi) is 7.38. The number of piperidine rings is 2. The molecule has 4 amide bonds. The highest BCUT2D eigenvalue weighted by molar-refractivity contribution is 6.06. The summed E-state index contributed by atoms with van der Waals surface area (Å²) in [4.78, 5) is 55.9. The summed E-state index contributed by atoms with van der Waals surface area (Å²) in [6.07, 6.45) is 5.90. The van der Waals surface area contributed by atoms with Crippen LogP contribution in [-0.4, -0.2) is 71.4 Å². The Labute approximate surface area is 224 Å². The van der Waals surface area contributed by atoms with E-state index in [9.17, 15) is 19.2 Å². The number of hydrogen-bond acceptors (Lipinski definition) is 6. The molecule has 3 aliphatic heterocycles. The van der Waals surface area contributed by atoms with E-state index in [1.54, 1.807) is 4.90 Å². The minimum absolute atomic E-state index is 0.135. The van der Waals surface area contributed by atoms with Crippen LogP contribution in [0.2, 0.25) is 0 Å². The molecule has 5 rings (SSSR count). The molecule has 206 valence electrons. The van der Waals surface area contributed by atoms with Crippen LogP contribution in [0.4, 0.5) is 10.5 Å². The molecule has 1 aliphatic carbocycles. The Morgan fingerprint density at radius 2 is 1.79 bits per heavy atom. The Morgan fingerprint density at radius 3 is 2.45 bits per heavy atom. The van der Waals surface area contributed by atoms with Gasteiger partial charge in [0.2, 0.25) is 11.8 Å². The molecule has 0 aromatic heterocycles. The van der Waals surface area contributed by atoms with Crippen LogP contribution in [0.15, 0.2) is 18.2 Å². The molecule has 1 N–H and O–H groups in total. The number of ether oxygens (including phenoxy) is 1. The smallest absolute Gasteiger partial charge is 0.410 e. The second-order valence-corrected chi connectivity index (χ2v) is 12.3. The quantitative estimate of drug-likeness (QED) is 0.546. The predicted octanol–water partition coefficient (Wildman–Crippen LogP) is 3.70. The number of anilines is 1. The molecule has 0 radical (unpaired) electrons. The Bertz CT molecular complexity index is 1100. The Balaban J connectivity index is 1.29. The van der Waals surface area contributed by atoms with Crippen molar-refractivity contribution in [3.05, 3.63) is 29.3 Å². The number of carbonyl (C=O) groups excluding carboxylic acids is 4. The zero-order chi connectivity index (χ0) is 27.0. The third-order valence-electron chi connectivity index (χ3n) is 8.15. The van der Waals surface area contributed by atoms with Crippen LogP contribution in [0.5, 0.6) is 0 Å². The van der Waals surface area contributed by atoms with Crippen molar-refractivity contribution >= 4 is 29.5 Å². The van der Waals surface area contributed by atoms with Crippen molar-refractivity contribution in [3.8, 4) is 0 Å². The average molecular weight is 525 g/mol. The van der Waals surface area contributed by atoms with E-state index in [0.29, 0.717) is 37.5 Å². The van der Waals surface area contributed by atoms with E-state index in [4.69, 9.17) is 4.74 Å².